The molecule has 0 aromatic heterocycles. The van der Waals surface area contributed by atoms with Crippen LogP contribution in [0.25, 0.3) is 16.7 Å². The molecule has 0 bridgehead atoms. The molecule has 1 amide bonds. The smallest absolute Gasteiger partial charge is 0.256 e. The Kier molecular flexibility index (Phi) is 5.76. The van der Waals surface area contributed by atoms with Crippen molar-refractivity contribution < 1.29 is 9.90 Å². The summed E-state index contributed by atoms with van der Waals surface area (Å²) in [7, 11) is 0. The van der Waals surface area contributed by atoms with E-state index < -0.39 is 0 Å². The fraction of sp³-hybridized carbons (Fsp3) is 0.0833. The van der Waals surface area contributed by atoms with Crippen molar-refractivity contribution in [2.24, 2.45) is 0 Å². The number of rotatable bonds is 4. The average molecular weight is 524 g/mol. The monoisotopic (exact) mass is 522 g/mol. The van der Waals surface area contributed by atoms with E-state index in [-0.39, 0.29) is 11.7 Å². The van der Waals surface area contributed by atoms with Crippen molar-refractivity contribution in [3.63, 3.8) is 0 Å². The second-order valence-electron chi connectivity index (χ2n) is 6.94. The highest BCUT2D eigenvalue weighted by Crippen LogP contribution is 2.37. The van der Waals surface area contributed by atoms with Crippen molar-refractivity contribution in [3.8, 4) is 22.9 Å². The molecule has 1 aliphatic rings. The largest absolute Gasteiger partial charge is 0.506 e. The number of nitriles is 1. The standard InChI is InChI=1S/C24H16Br2N2O2/c25-20-10-14(11-21(26)23(20)29)4-3-7-18-19-12-15(8-9-22(19)28-24(18)30)17-6-2-1-5-16(17)13-27/h1-2,5-12,29H,3-4H2,(H,28,30)/b18-7-. The number of amides is 1. The van der Waals surface area contributed by atoms with Crippen LogP contribution in [0.2, 0.25) is 0 Å². The molecular formula is C24H16Br2N2O2. The highest BCUT2D eigenvalue weighted by atomic mass is 79.9. The van der Waals surface area contributed by atoms with Crippen LogP contribution in [0, 0.1) is 11.3 Å². The van der Waals surface area contributed by atoms with E-state index in [2.05, 4.69) is 43.2 Å². The average Bonchev–Trinajstić information content (AvgIpc) is 3.06. The number of carbonyl (C=O) groups excluding carboxylic acids is 1. The number of phenolic OH excluding ortho intramolecular Hbond substituents is 1. The molecule has 1 heterocycles. The fourth-order valence-electron chi connectivity index (χ4n) is 3.54. The number of nitrogens with one attached hydrogen (secondary N) is 1. The molecule has 148 valence electrons. The zero-order chi connectivity index (χ0) is 21.3. The summed E-state index contributed by atoms with van der Waals surface area (Å²) in [6, 6.07) is 19.2. The maximum absolute atomic E-state index is 12.5. The Bertz CT molecular complexity index is 1220. The zero-order valence-electron chi connectivity index (χ0n) is 15.7. The Morgan fingerprint density at radius 1 is 1.03 bits per heavy atom. The van der Waals surface area contributed by atoms with E-state index in [4.69, 9.17) is 0 Å². The Morgan fingerprint density at radius 3 is 2.50 bits per heavy atom. The highest BCUT2D eigenvalue weighted by Gasteiger charge is 2.24. The lowest BCUT2D eigenvalue weighted by molar-refractivity contribution is -0.110. The third kappa shape index (κ3) is 3.91. The molecule has 3 aromatic carbocycles. The van der Waals surface area contributed by atoms with Gasteiger partial charge >= 0.3 is 0 Å². The lowest BCUT2D eigenvalue weighted by Gasteiger charge is -2.07. The predicted octanol–water partition coefficient (Wildman–Crippen LogP) is 6.42. The number of fused-ring (bicyclic) bond motifs is 1. The number of halogens is 2. The molecule has 2 N–H and O–H groups in total. The lowest BCUT2D eigenvalue weighted by Crippen LogP contribution is -2.03. The van der Waals surface area contributed by atoms with Crippen molar-refractivity contribution in [1.29, 1.82) is 5.26 Å². The molecule has 0 radical (unpaired) electrons. The first-order valence-electron chi connectivity index (χ1n) is 9.30. The maximum atomic E-state index is 12.5. The molecule has 6 heteroatoms. The minimum Gasteiger partial charge on any atom is -0.506 e. The molecule has 0 aliphatic carbocycles. The van der Waals surface area contributed by atoms with Crippen molar-refractivity contribution in [1.82, 2.24) is 0 Å². The second kappa shape index (κ2) is 8.47. The molecule has 1 aliphatic heterocycles. The number of aromatic hydroxyl groups is 1. The summed E-state index contributed by atoms with van der Waals surface area (Å²) in [6.07, 6.45) is 3.33. The summed E-state index contributed by atoms with van der Waals surface area (Å²) in [5.41, 5.74) is 5.65. The first-order chi connectivity index (χ1) is 14.5. The van der Waals surface area contributed by atoms with Crippen LogP contribution in [-0.2, 0) is 11.2 Å². The van der Waals surface area contributed by atoms with E-state index in [1.54, 1.807) is 6.07 Å². The molecule has 0 atom stereocenters. The van der Waals surface area contributed by atoms with Crippen molar-refractivity contribution in [2.45, 2.75) is 12.8 Å². The highest BCUT2D eigenvalue weighted by molar-refractivity contribution is 9.11. The summed E-state index contributed by atoms with van der Waals surface area (Å²) in [4.78, 5) is 12.5. The Morgan fingerprint density at radius 2 is 1.77 bits per heavy atom. The van der Waals surface area contributed by atoms with Gasteiger partial charge in [-0.2, -0.15) is 5.26 Å². The van der Waals surface area contributed by atoms with Gasteiger partial charge in [0.2, 0.25) is 0 Å². The molecule has 0 unspecified atom stereocenters. The first kappa shape index (κ1) is 20.4. The quantitative estimate of drug-likeness (QED) is 0.387. The van der Waals surface area contributed by atoms with Gasteiger partial charge in [0.25, 0.3) is 5.91 Å². The summed E-state index contributed by atoms with van der Waals surface area (Å²) in [5.74, 6) is 0.0511. The van der Waals surface area contributed by atoms with Crippen LogP contribution in [0.4, 0.5) is 5.69 Å². The van der Waals surface area contributed by atoms with Crippen LogP contribution in [0.5, 0.6) is 5.75 Å². The number of phenols is 1. The third-order valence-corrected chi connectivity index (χ3v) is 6.23. The number of carbonyl (C=O) groups is 1. The van der Waals surface area contributed by atoms with Crippen LogP contribution in [0.1, 0.15) is 23.1 Å². The minimum absolute atomic E-state index is 0.121. The van der Waals surface area contributed by atoms with Crippen molar-refractivity contribution >= 4 is 49.0 Å². The number of hydrogen-bond donors (Lipinski definition) is 2. The van der Waals surface area contributed by atoms with Gasteiger partial charge < -0.3 is 10.4 Å². The molecule has 0 fully saturated rings. The number of nitrogens with zero attached hydrogens (tertiary/aromatic N) is 1. The predicted molar refractivity (Wildman–Crippen MR) is 125 cm³/mol. The van der Waals surface area contributed by atoms with Gasteiger partial charge in [0.05, 0.1) is 20.6 Å². The van der Waals surface area contributed by atoms with Crippen molar-refractivity contribution in [2.75, 3.05) is 5.32 Å². The number of aryl methyl sites for hydroxylation is 1. The van der Waals surface area contributed by atoms with Crippen LogP contribution >= 0.6 is 31.9 Å². The van der Waals surface area contributed by atoms with E-state index in [1.165, 1.54) is 0 Å². The van der Waals surface area contributed by atoms with Gasteiger partial charge in [0.1, 0.15) is 5.75 Å². The van der Waals surface area contributed by atoms with Gasteiger partial charge in [-0.25, -0.2) is 0 Å². The molecule has 0 saturated heterocycles. The Balaban J connectivity index is 1.62. The third-order valence-electron chi connectivity index (χ3n) is 5.02. The van der Waals surface area contributed by atoms with Crippen LogP contribution < -0.4 is 5.32 Å². The fourth-order valence-corrected chi connectivity index (χ4v) is 4.82. The summed E-state index contributed by atoms with van der Waals surface area (Å²) < 4.78 is 1.26. The summed E-state index contributed by atoms with van der Waals surface area (Å²) in [6.45, 7) is 0. The minimum atomic E-state index is -0.121. The van der Waals surface area contributed by atoms with Gasteiger partial charge in [0.15, 0.2) is 0 Å². The molecule has 4 nitrogen and oxygen atoms in total. The summed E-state index contributed by atoms with van der Waals surface area (Å²) in [5, 5.41) is 22.2. The van der Waals surface area contributed by atoms with Crippen LogP contribution in [0.3, 0.4) is 0 Å². The number of hydrogen-bond acceptors (Lipinski definition) is 3. The number of allylic oxidation sites excluding steroid dienone is 1. The van der Waals surface area contributed by atoms with Gasteiger partial charge in [-0.3, -0.25) is 4.79 Å². The van der Waals surface area contributed by atoms with Gasteiger partial charge in [-0.05, 0) is 91.7 Å². The lowest BCUT2D eigenvalue weighted by atomic mass is 9.96. The molecule has 30 heavy (non-hydrogen) atoms. The molecule has 0 saturated carbocycles. The Labute approximate surface area is 191 Å². The summed E-state index contributed by atoms with van der Waals surface area (Å²) >= 11 is 6.69. The van der Waals surface area contributed by atoms with E-state index in [1.807, 2.05) is 54.6 Å². The normalized spacial score (nSPS) is 13.8. The van der Waals surface area contributed by atoms with E-state index >= 15 is 0 Å². The van der Waals surface area contributed by atoms with Gasteiger partial charge in [-0.1, -0.05) is 30.3 Å². The second-order valence-corrected chi connectivity index (χ2v) is 8.65. The van der Waals surface area contributed by atoms with Gasteiger partial charge in [0, 0.05) is 16.8 Å². The SMILES string of the molecule is N#Cc1ccccc1-c1ccc2c(c1)/C(=C/CCc1cc(Br)c(O)c(Br)c1)C(=O)N2. The topological polar surface area (TPSA) is 73.1 Å². The zero-order valence-corrected chi connectivity index (χ0v) is 18.9. The van der Waals surface area contributed by atoms with E-state index in [0.29, 0.717) is 26.5 Å². The molecule has 0 spiro atoms. The van der Waals surface area contributed by atoms with Crippen molar-refractivity contribution in [3.05, 3.63) is 86.3 Å². The van der Waals surface area contributed by atoms with Gasteiger partial charge in [-0.15, -0.1) is 0 Å². The van der Waals surface area contributed by atoms with Crippen LogP contribution in [-0.4, -0.2) is 11.0 Å². The van der Waals surface area contributed by atoms with E-state index in [0.717, 1.165) is 34.4 Å². The van der Waals surface area contributed by atoms with E-state index in [9.17, 15) is 15.2 Å². The molecule has 3 aromatic rings. The Hall–Kier alpha value is -2.88. The number of anilines is 1. The maximum Gasteiger partial charge on any atom is 0.256 e. The molecular weight excluding hydrogens is 508 g/mol. The number of benzene rings is 3. The molecule has 4 rings (SSSR count). The first-order valence-corrected chi connectivity index (χ1v) is 10.9. The van der Waals surface area contributed by atoms with Crippen LogP contribution in [0.15, 0.2) is 69.6 Å².